The Morgan fingerprint density at radius 3 is 1.66 bits per heavy atom. The third-order valence-corrected chi connectivity index (χ3v) is 10.5. The summed E-state index contributed by atoms with van der Waals surface area (Å²) in [6, 6.07) is 55.9. The molecule has 3 aromatic heterocycles. The number of para-hydroxylation sites is 2. The van der Waals surface area contributed by atoms with Crippen molar-refractivity contribution in [1.29, 1.82) is 0 Å². The van der Waals surface area contributed by atoms with Crippen molar-refractivity contribution in [3.05, 3.63) is 152 Å². The monoisotopic (exact) mass is 575 g/mol. The third kappa shape index (κ3) is 3.23. The fraction of sp³-hybridized carbons (Fsp3) is 0. The van der Waals surface area contributed by atoms with Crippen molar-refractivity contribution in [2.24, 2.45) is 0 Å². The van der Waals surface area contributed by atoms with Crippen molar-refractivity contribution in [3.8, 4) is 22.3 Å². The lowest BCUT2D eigenvalue weighted by Crippen LogP contribution is -1.87. The molecule has 0 fully saturated rings. The van der Waals surface area contributed by atoms with Gasteiger partial charge in [-0.1, -0.05) is 127 Å². The molecule has 0 saturated heterocycles. The van der Waals surface area contributed by atoms with Crippen LogP contribution in [-0.2, 0) is 0 Å². The number of aromatic nitrogens is 1. The highest BCUT2D eigenvalue weighted by Gasteiger charge is 2.22. The van der Waals surface area contributed by atoms with Gasteiger partial charge in [-0.15, -0.1) is 11.3 Å². The number of fused-ring (bicyclic) bond motifs is 8. The molecule has 0 N–H and O–H groups in total. The summed E-state index contributed by atoms with van der Waals surface area (Å²) in [4.78, 5) is 0. The molecular weight excluding hydrogens is 551 g/mol. The predicted octanol–water partition coefficient (Wildman–Crippen LogP) is 12.3. The standard InChI is InChI=1S/C42H25NS/c1-2-11-26(12-3-1)27-21-23-28(24-22-27)34-25-35-32-16-7-9-19-37(32)43-36-18-8-6-15-31(36)29-13-4-5-14-30(29)33-17-10-20-38-39(33)40(41(35)43)42(34)44-38/h1-25H. The minimum atomic E-state index is 1.22. The molecule has 7 aromatic carbocycles. The highest BCUT2D eigenvalue weighted by atomic mass is 32.1. The van der Waals surface area contributed by atoms with E-state index in [1.54, 1.807) is 0 Å². The Hall–Kier alpha value is -5.44. The van der Waals surface area contributed by atoms with Gasteiger partial charge < -0.3 is 4.40 Å². The Labute approximate surface area is 257 Å². The lowest BCUT2D eigenvalue weighted by atomic mass is 9.95. The van der Waals surface area contributed by atoms with Crippen LogP contribution in [0.25, 0.3) is 91.3 Å². The zero-order chi connectivity index (χ0) is 28.8. The van der Waals surface area contributed by atoms with E-state index in [0.717, 1.165) is 0 Å². The van der Waals surface area contributed by atoms with Crippen molar-refractivity contribution in [1.82, 2.24) is 4.40 Å². The summed E-state index contributed by atoms with van der Waals surface area (Å²) < 4.78 is 5.20. The van der Waals surface area contributed by atoms with Crippen LogP contribution in [0.2, 0.25) is 0 Å². The van der Waals surface area contributed by atoms with Crippen LogP contribution in [0.5, 0.6) is 0 Å². The van der Waals surface area contributed by atoms with E-state index in [4.69, 9.17) is 0 Å². The summed E-state index contributed by atoms with van der Waals surface area (Å²) in [7, 11) is 0. The number of hydrogen-bond acceptors (Lipinski definition) is 1. The lowest BCUT2D eigenvalue weighted by molar-refractivity contribution is 1.36. The molecule has 0 atom stereocenters. The Bertz CT molecular complexity index is 2750. The van der Waals surface area contributed by atoms with Crippen LogP contribution in [0.1, 0.15) is 0 Å². The molecule has 3 heterocycles. The van der Waals surface area contributed by atoms with Gasteiger partial charge in [-0.25, -0.2) is 0 Å². The molecule has 0 aliphatic carbocycles. The second-order valence-corrected chi connectivity index (χ2v) is 12.7. The average Bonchev–Trinajstić information content (AvgIpc) is 3.65. The van der Waals surface area contributed by atoms with Crippen molar-refractivity contribution < 1.29 is 0 Å². The Kier molecular flexibility index (Phi) is 4.94. The largest absolute Gasteiger partial charge is 0.308 e. The molecule has 10 aromatic rings. The number of nitrogens with zero attached hydrogens (tertiary/aromatic N) is 1. The van der Waals surface area contributed by atoms with Crippen LogP contribution in [0, 0.1) is 0 Å². The van der Waals surface area contributed by atoms with Crippen LogP contribution >= 0.6 is 11.3 Å². The van der Waals surface area contributed by atoms with Crippen LogP contribution in [0.3, 0.4) is 0 Å². The second-order valence-electron chi connectivity index (χ2n) is 11.7. The maximum absolute atomic E-state index is 2.54. The molecule has 0 unspecified atom stereocenters. The molecule has 0 amide bonds. The average molecular weight is 576 g/mol. The maximum Gasteiger partial charge on any atom is 0.0635 e. The summed E-state index contributed by atoms with van der Waals surface area (Å²) in [6.45, 7) is 0. The predicted molar refractivity (Wildman–Crippen MR) is 191 cm³/mol. The van der Waals surface area contributed by atoms with E-state index < -0.39 is 0 Å². The van der Waals surface area contributed by atoms with Crippen LogP contribution < -0.4 is 0 Å². The fourth-order valence-electron chi connectivity index (χ4n) is 7.44. The SMILES string of the molecule is c1ccc(-c2ccc(-c3cc4c5ccccc5n5c6ccccc6c6ccccc6c6cccc7sc3c(c76)c45)cc2)cc1. The van der Waals surface area contributed by atoms with E-state index in [2.05, 4.69) is 156 Å². The Morgan fingerprint density at radius 2 is 0.932 bits per heavy atom. The van der Waals surface area contributed by atoms with Crippen LogP contribution in [0.4, 0.5) is 0 Å². The summed E-state index contributed by atoms with van der Waals surface area (Å²) in [5, 5.41) is 10.4. The first kappa shape index (κ1) is 24.0. The fourth-order valence-corrected chi connectivity index (χ4v) is 8.71. The normalized spacial score (nSPS) is 12.1. The number of thiophene rings is 1. The van der Waals surface area contributed by atoms with Gasteiger partial charge in [-0.2, -0.15) is 0 Å². The Balaban J connectivity index is 1.48. The molecule has 0 radical (unpaired) electrons. The lowest BCUT2D eigenvalue weighted by Gasteiger charge is -2.09. The summed E-state index contributed by atoms with van der Waals surface area (Å²) in [5.41, 5.74) is 8.78. The molecule has 0 bridgehead atoms. The molecule has 0 spiro atoms. The van der Waals surface area contributed by atoms with Gasteiger partial charge in [0.2, 0.25) is 0 Å². The summed E-state index contributed by atoms with van der Waals surface area (Å²) >= 11 is 1.92. The van der Waals surface area contributed by atoms with Crippen molar-refractivity contribution in [3.63, 3.8) is 0 Å². The van der Waals surface area contributed by atoms with E-state index in [-0.39, 0.29) is 0 Å². The minimum Gasteiger partial charge on any atom is -0.308 e. The molecule has 0 saturated carbocycles. The quantitative estimate of drug-likeness (QED) is 0.193. The van der Waals surface area contributed by atoms with Gasteiger partial charge in [-0.3, -0.25) is 0 Å². The van der Waals surface area contributed by atoms with E-state index in [9.17, 15) is 0 Å². The highest BCUT2D eigenvalue weighted by molar-refractivity contribution is 7.26. The molecule has 204 valence electrons. The molecule has 0 aliphatic rings. The molecule has 10 rings (SSSR count). The van der Waals surface area contributed by atoms with Gasteiger partial charge in [-0.05, 0) is 57.1 Å². The number of benzene rings is 7. The van der Waals surface area contributed by atoms with Crippen molar-refractivity contribution >= 4 is 80.4 Å². The van der Waals surface area contributed by atoms with E-state index in [0.29, 0.717) is 0 Å². The molecule has 0 aliphatic heterocycles. The van der Waals surface area contributed by atoms with Gasteiger partial charge in [0.15, 0.2) is 0 Å². The van der Waals surface area contributed by atoms with Crippen LogP contribution in [-0.4, -0.2) is 4.40 Å². The molecular formula is C42H25NS. The van der Waals surface area contributed by atoms with Crippen LogP contribution in [0.15, 0.2) is 152 Å². The number of hydrogen-bond donors (Lipinski definition) is 0. The maximum atomic E-state index is 2.54. The first-order valence-corrected chi connectivity index (χ1v) is 15.9. The Morgan fingerprint density at radius 1 is 0.386 bits per heavy atom. The zero-order valence-electron chi connectivity index (χ0n) is 23.8. The first-order valence-electron chi connectivity index (χ1n) is 15.1. The summed E-state index contributed by atoms with van der Waals surface area (Å²) in [5.74, 6) is 0. The van der Waals surface area contributed by atoms with E-state index >= 15 is 0 Å². The third-order valence-electron chi connectivity index (χ3n) is 9.35. The first-order chi connectivity index (χ1) is 21.8. The number of rotatable bonds is 2. The van der Waals surface area contributed by atoms with Gasteiger partial charge >= 0.3 is 0 Å². The van der Waals surface area contributed by atoms with Gasteiger partial charge in [0.25, 0.3) is 0 Å². The van der Waals surface area contributed by atoms with Gasteiger partial charge in [0.1, 0.15) is 0 Å². The second kappa shape index (κ2) is 9.03. The minimum absolute atomic E-state index is 1.22. The summed E-state index contributed by atoms with van der Waals surface area (Å²) in [6.07, 6.45) is 0. The van der Waals surface area contributed by atoms with Gasteiger partial charge in [0, 0.05) is 41.9 Å². The van der Waals surface area contributed by atoms with Crippen molar-refractivity contribution in [2.75, 3.05) is 0 Å². The molecule has 1 nitrogen and oxygen atoms in total. The smallest absolute Gasteiger partial charge is 0.0635 e. The topological polar surface area (TPSA) is 4.41 Å². The zero-order valence-corrected chi connectivity index (χ0v) is 24.6. The van der Waals surface area contributed by atoms with Crippen molar-refractivity contribution in [2.45, 2.75) is 0 Å². The molecule has 2 heteroatoms. The van der Waals surface area contributed by atoms with E-state index in [1.807, 2.05) is 11.3 Å². The highest BCUT2D eigenvalue weighted by Crippen LogP contribution is 2.49. The van der Waals surface area contributed by atoms with E-state index in [1.165, 1.54) is 91.3 Å². The molecule has 44 heavy (non-hydrogen) atoms. The van der Waals surface area contributed by atoms with Gasteiger partial charge in [0.05, 0.1) is 16.6 Å².